The molecule has 0 atom stereocenters. The van der Waals surface area contributed by atoms with Gasteiger partial charge in [0.05, 0.1) is 10.6 Å². The highest BCUT2D eigenvalue weighted by Crippen LogP contribution is 2.27. The van der Waals surface area contributed by atoms with Gasteiger partial charge in [0.25, 0.3) is 21.8 Å². The molecule has 2 amide bonds. The van der Waals surface area contributed by atoms with E-state index in [1.165, 1.54) is 10.4 Å². The topological polar surface area (TPSA) is 95.6 Å². The molecule has 0 spiro atoms. The second kappa shape index (κ2) is 9.69. The number of nitrogens with one attached hydrogen (secondary N) is 2. The third kappa shape index (κ3) is 5.12. The Morgan fingerprint density at radius 2 is 1.62 bits per heavy atom. The fourth-order valence-electron chi connectivity index (χ4n) is 3.66. The SMILES string of the molecule is CCN(c1ccccc1)S(=O)(=O)c1cc(C(=O)Nc2cccc(C(=O)NC3CC3)c2)ccc1C. The van der Waals surface area contributed by atoms with Crippen molar-refractivity contribution in [3.63, 3.8) is 0 Å². The van der Waals surface area contributed by atoms with Gasteiger partial charge in [-0.1, -0.05) is 30.3 Å². The van der Waals surface area contributed by atoms with Crippen molar-refractivity contribution in [1.82, 2.24) is 5.32 Å². The molecule has 0 unspecified atom stereocenters. The molecule has 1 fully saturated rings. The van der Waals surface area contributed by atoms with Crippen molar-refractivity contribution < 1.29 is 18.0 Å². The van der Waals surface area contributed by atoms with E-state index in [9.17, 15) is 18.0 Å². The van der Waals surface area contributed by atoms with E-state index < -0.39 is 15.9 Å². The van der Waals surface area contributed by atoms with Gasteiger partial charge < -0.3 is 10.6 Å². The van der Waals surface area contributed by atoms with E-state index in [2.05, 4.69) is 10.6 Å². The van der Waals surface area contributed by atoms with Gasteiger partial charge in [0.2, 0.25) is 0 Å². The molecule has 0 aromatic heterocycles. The maximum atomic E-state index is 13.5. The summed E-state index contributed by atoms with van der Waals surface area (Å²) in [5.41, 5.74) is 2.22. The molecule has 1 aliphatic carbocycles. The summed E-state index contributed by atoms with van der Waals surface area (Å²) in [6.07, 6.45) is 1.97. The van der Waals surface area contributed by atoms with Gasteiger partial charge in [-0.05, 0) is 74.7 Å². The number of sulfonamides is 1. The van der Waals surface area contributed by atoms with E-state index in [-0.39, 0.29) is 29.0 Å². The van der Waals surface area contributed by atoms with Crippen LogP contribution in [0.1, 0.15) is 46.0 Å². The van der Waals surface area contributed by atoms with Crippen molar-refractivity contribution in [3.05, 3.63) is 89.5 Å². The highest BCUT2D eigenvalue weighted by atomic mass is 32.2. The molecular weight excluding hydrogens is 450 g/mol. The Morgan fingerprint density at radius 3 is 2.29 bits per heavy atom. The summed E-state index contributed by atoms with van der Waals surface area (Å²) in [6.45, 7) is 3.72. The number of aryl methyl sites for hydroxylation is 1. The number of para-hydroxylation sites is 1. The van der Waals surface area contributed by atoms with Crippen LogP contribution in [0, 0.1) is 6.92 Å². The molecule has 2 N–H and O–H groups in total. The highest BCUT2D eigenvalue weighted by molar-refractivity contribution is 7.92. The normalized spacial score (nSPS) is 13.2. The second-order valence-corrected chi connectivity index (χ2v) is 10.1. The summed E-state index contributed by atoms with van der Waals surface area (Å²) in [6, 6.07) is 20.4. The van der Waals surface area contributed by atoms with Gasteiger partial charge in [-0.3, -0.25) is 13.9 Å². The van der Waals surface area contributed by atoms with Crippen molar-refractivity contribution >= 4 is 33.2 Å². The number of carbonyl (C=O) groups excluding carboxylic acids is 2. The van der Waals surface area contributed by atoms with E-state index in [1.807, 2.05) is 6.07 Å². The van der Waals surface area contributed by atoms with Crippen LogP contribution in [0.25, 0.3) is 0 Å². The lowest BCUT2D eigenvalue weighted by atomic mass is 10.1. The Hall–Kier alpha value is -3.65. The number of amides is 2. The molecule has 3 aromatic carbocycles. The predicted molar refractivity (Wildman–Crippen MR) is 133 cm³/mol. The molecule has 0 radical (unpaired) electrons. The average molecular weight is 478 g/mol. The lowest BCUT2D eigenvalue weighted by Gasteiger charge is -2.24. The zero-order chi connectivity index (χ0) is 24.3. The molecule has 1 saturated carbocycles. The molecule has 0 saturated heterocycles. The van der Waals surface area contributed by atoms with Crippen molar-refractivity contribution in [1.29, 1.82) is 0 Å². The van der Waals surface area contributed by atoms with E-state index >= 15 is 0 Å². The van der Waals surface area contributed by atoms with Gasteiger partial charge in [0.1, 0.15) is 0 Å². The quantitative estimate of drug-likeness (QED) is 0.504. The zero-order valence-electron chi connectivity index (χ0n) is 19.1. The number of rotatable bonds is 8. The van der Waals surface area contributed by atoms with Crippen molar-refractivity contribution in [2.24, 2.45) is 0 Å². The van der Waals surface area contributed by atoms with Crippen molar-refractivity contribution in [3.8, 4) is 0 Å². The van der Waals surface area contributed by atoms with Crippen LogP contribution in [0.5, 0.6) is 0 Å². The smallest absolute Gasteiger partial charge is 0.264 e. The summed E-state index contributed by atoms with van der Waals surface area (Å²) < 4.78 is 28.3. The van der Waals surface area contributed by atoms with Gasteiger partial charge in [0.15, 0.2) is 0 Å². The summed E-state index contributed by atoms with van der Waals surface area (Å²) in [4.78, 5) is 25.3. The lowest BCUT2D eigenvalue weighted by Crippen LogP contribution is -2.31. The molecule has 3 aromatic rings. The zero-order valence-corrected chi connectivity index (χ0v) is 19.9. The van der Waals surface area contributed by atoms with Gasteiger partial charge in [0, 0.05) is 29.4 Å². The van der Waals surface area contributed by atoms with E-state index in [0.717, 1.165) is 12.8 Å². The Balaban J connectivity index is 1.58. The van der Waals surface area contributed by atoms with E-state index in [0.29, 0.717) is 22.5 Å². The molecule has 4 rings (SSSR count). The van der Waals surface area contributed by atoms with Gasteiger partial charge in [-0.25, -0.2) is 8.42 Å². The maximum Gasteiger partial charge on any atom is 0.264 e. The fraction of sp³-hybridized carbons (Fsp3) is 0.231. The number of anilines is 2. The first-order chi connectivity index (χ1) is 16.3. The van der Waals surface area contributed by atoms with Crippen molar-refractivity contribution in [2.45, 2.75) is 37.6 Å². The fourth-order valence-corrected chi connectivity index (χ4v) is 5.39. The number of carbonyl (C=O) groups is 2. The molecule has 0 heterocycles. The Bertz CT molecular complexity index is 1320. The van der Waals surface area contributed by atoms with E-state index in [1.54, 1.807) is 74.5 Å². The Kier molecular flexibility index (Phi) is 6.70. The summed E-state index contributed by atoms with van der Waals surface area (Å²) in [5, 5.41) is 5.69. The summed E-state index contributed by atoms with van der Waals surface area (Å²) >= 11 is 0. The number of hydrogen-bond donors (Lipinski definition) is 2. The average Bonchev–Trinajstić information content (AvgIpc) is 3.64. The Labute approximate surface area is 199 Å². The van der Waals surface area contributed by atoms with Crippen LogP contribution in [0.3, 0.4) is 0 Å². The largest absolute Gasteiger partial charge is 0.349 e. The van der Waals surface area contributed by atoms with E-state index in [4.69, 9.17) is 0 Å². The minimum atomic E-state index is -3.89. The Morgan fingerprint density at radius 1 is 0.912 bits per heavy atom. The van der Waals surface area contributed by atoms with Crippen molar-refractivity contribution in [2.75, 3.05) is 16.2 Å². The van der Waals surface area contributed by atoms with Gasteiger partial charge in [-0.15, -0.1) is 0 Å². The number of benzene rings is 3. The third-order valence-electron chi connectivity index (χ3n) is 5.64. The van der Waals surface area contributed by atoms with Crippen LogP contribution >= 0.6 is 0 Å². The summed E-state index contributed by atoms with van der Waals surface area (Å²) in [5.74, 6) is -0.637. The molecule has 0 bridgehead atoms. The van der Waals surface area contributed by atoms with Crippen LogP contribution < -0.4 is 14.9 Å². The van der Waals surface area contributed by atoms with Gasteiger partial charge in [-0.2, -0.15) is 0 Å². The molecule has 34 heavy (non-hydrogen) atoms. The van der Waals surface area contributed by atoms with Crippen LogP contribution in [-0.2, 0) is 10.0 Å². The third-order valence-corrected chi connectivity index (χ3v) is 7.69. The maximum absolute atomic E-state index is 13.5. The van der Waals surface area contributed by atoms with Crippen LogP contribution in [0.15, 0.2) is 77.7 Å². The minimum absolute atomic E-state index is 0.0726. The number of hydrogen-bond acceptors (Lipinski definition) is 4. The molecule has 7 nitrogen and oxygen atoms in total. The minimum Gasteiger partial charge on any atom is -0.349 e. The van der Waals surface area contributed by atoms with Crippen LogP contribution in [0.4, 0.5) is 11.4 Å². The summed E-state index contributed by atoms with van der Waals surface area (Å²) in [7, 11) is -3.89. The van der Waals surface area contributed by atoms with Gasteiger partial charge >= 0.3 is 0 Å². The molecule has 8 heteroatoms. The first-order valence-corrected chi connectivity index (χ1v) is 12.6. The van der Waals surface area contributed by atoms with Crippen LogP contribution in [0.2, 0.25) is 0 Å². The highest BCUT2D eigenvalue weighted by Gasteiger charge is 2.27. The molecular formula is C26H27N3O4S. The molecule has 1 aliphatic rings. The predicted octanol–water partition coefficient (Wildman–Crippen LogP) is 4.35. The molecule has 0 aliphatic heterocycles. The van der Waals surface area contributed by atoms with Crippen LogP contribution in [-0.4, -0.2) is 32.8 Å². The lowest BCUT2D eigenvalue weighted by molar-refractivity contribution is 0.0949. The first-order valence-electron chi connectivity index (χ1n) is 11.2. The molecule has 176 valence electrons. The second-order valence-electron chi connectivity index (χ2n) is 8.27. The first kappa shape index (κ1) is 23.5. The standard InChI is InChI=1S/C26H27N3O4S/c1-3-29(23-10-5-4-6-11-23)34(32,33)24-17-20(13-12-18(24)2)26(31)28-22-9-7-8-19(16-22)25(30)27-21-14-15-21/h4-13,16-17,21H,3,14-15H2,1-2H3,(H,27,30)(H,28,31). The number of nitrogens with zero attached hydrogens (tertiary/aromatic N) is 1. The monoisotopic (exact) mass is 477 g/mol.